The first-order valence-electron chi connectivity index (χ1n) is 4.20. The molecule has 0 saturated heterocycles. The Morgan fingerprint density at radius 1 is 1.33 bits per heavy atom. The molecule has 2 rings (SSSR count). The Hall–Kier alpha value is -0.640. The Labute approximate surface area is 105 Å². The van der Waals surface area contributed by atoms with Crippen molar-refractivity contribution in [3.63, 3.8) is 0 Å². The predicted octanol–water partition coefficient (Wildman–Crippen LogP) is 4.40. The molecule has 0 aliphatic rings. The minimum absolute atomic E-state index is 0.0393. The van der Waals surface area contributed by atoms with E-state index >= 15 is 0 Å². The second-order valence-corrected chi connectivity index (χ2v) is 5.07. The summed E-state index contributed by atoms with van der Waals surface area (Å²) in [7, 11) is 0. The van der Waals surface area contributed by atoms with Crippen molar-refractivity contribution < 1.29 is 4.79 Å². The molecule has 0 atom stereocenters. The summed E-state index contributed by atoms with van der Waals surface area (Å²) in [6, 6.07) is 7.06. The van der Waals surface area contributed by atoms with Crippen LogP contribution in [-0.2, 0) is 0 Å². The molecular formula is C11H6BrClOS. The minimum atomic E-state index is -0.0393. The molecule has 0 aliphatic heterocycles. The molecule has 0 saturated carbocycles. The van der Waals surface area contributed by atoms with Crippen LogP contribution < -0.4 is 0 Å². The molecule has 4 heteroatoms. The number of hydrogen-bond acceptors (Lipinski definition) is 2. The van der Waals surface area contributed by atoms with Gasteiger partial charge in [-0.05, 0) is 29.6 Å². The normalized spacial score (nSPS) is 10.3. The highest BCUT2D eigenvalue weighted by Gasteiger charge is 2.13. The second kappa shape index (κ2) is 4.47. The minimum Gasteiger partial charge on any atom is -0.289 e. The summed E-state index contributed by atoms with van der Waals surface area (Å²) in [5.74, 6) is -0.0393. The summed E-state index contributed by atoms with van der Waals surface area (Å²) in [6.45, 7) is 0. The van der Waals surface area contributed by atoms with Gasteiger partial charge in [-0.15, -0.1) is 0 Å². The van der Waals surface area contributed by atoms with Gasteiger partial charge < -0.3 is 0 Å². The van der Waals surface area contributed by atoms with E-state index in [9.17, 15) is 4.79 Å². The number of rotatable bonds is 2. The molecule has 0 N–H and O–H groups in total. The van der Waals surface area contributed by atoms with Gasteiger partial charge in [-0.3, -0.25) is 4.79 Å². The highest BCUT2D eigenvalue weighted by Crippen LogP contribution is 2.24. The summed E-state index contributed by atoms with van der Waals surface area (Å²) < 4.78 is 0.852. The third-order valence-corrected chi connectivity index (χ3v) is 3.46. The summed E-state index contributed by atoms with van der Waals surface area (Å²) >= 11 is 10.8. The zero-order chi connectivity index (χ0) is 10.8. The first-order chi connectivity index (χ1) is 7.18. The summed E-state index contributed by atoms with van der Waals surface area (Å²) in [5, 5.41) is 4.17. The van der Waals surface area contributed by atoms with E-state index in [0.717, 1.165) is 4.47 Å². The number of halogens is 2. The molecule has 0 fully saturated rings. The topological polar surface area (TPSA) is 17.1 Å². The van der Waals surface area contributed by atoms with E-state index < -0.39 is 0 Å². The summed E-state index contributed by atoms with van der Waals surface area (Å²) in [6.07, 6.45) is 0. The standard InChI is InChI=1S/C11H6BrClOS/c12-8-1-2-10(13)9(5-8)11(14)7-3-4-15-6-7/h1-6H. The highest BCUT2D eigenvalue weighted by atomic mass is 79.9. The van der Waals surface area contributed by atoms with Crippen molar-refractivity contribution in [3.8, 4) is 0 Å². The fourth-order valence-corrected chi connectivity index (χ4v) is 2.42. The van der Waals surface area contributed by atoms with E-state index in [0.29, 0.717) is 16.1 Å². The van der Waals surface area contributed by atoms with Crippen molar-refractivity contribution in [1.82, 2.24) is 0 Å². The van der Waals surface area contributed by atoms with E-state index in [1.165, 1.54) is 11.3 Å². The largest absolute Gasteiger partial charge is 0.289 e. The van der Waals surface area contributed by atoms with E-state index in [4.69, 9.17) is 11.6 Å². The van der Waals surface area contributed by atoms with Crippen LogP contribution in [0.25, 0.3) is 0 Å². The zero-order valence-electron chi connectivity index (χ0n) is 7.54. The van der Waals surface area contributed by atoms with Crippen molar-refractivity contribution in [3.05, 3.63) is 55.6 Å². The molecule has 0 spiro atoms. The molecule has 0 unspecified atom stereocenters. The summed E-state index contributed by atoms with van der Waals surface area (Å²) in [5.41, 5.74) is 1.21. The molecular weight excluding hydrogens is 296 g/mol. The smallest absolute Gasteiger partial charge is 0.195 e. The lowest BCUT2D eigenvalue weighted by molar-refractivity contribution is 0.103. The maximum absolute atomic E-state index is 12.0. The van der Waals surface area contributed by atoms with Crippen molar-refractivity contribution in [2.24, 2.45) is 0 Å². The first-order valence-corrected chi connectivity index (χ1v) is 6.32. The molecule has 0 radical (unpaired) electrons. The second-order valence-electron chi connectivity index (χ2n) is 2.97. The van der Waals surface area contributed by atoms with Crippen molar-refractivity contribution >= 4 is 44.7 Å². The van der Waals surface area contributed by atoms with Crippen LogP contribution in [0.4, 0.5) is 0 Å². The molecule has 1 heterocycles. The van der Waals surface area contributed by atoms with E-state index in [1.807, 2.05) is 16.8 Å². The van der Waals surface area contributed by atoms with Crippen LogP contribution in [0.15, 0.2) is 39.5 Å². The molecule has 1 aromatic carbocycles. The summed E-state index contributed by atoms with van der Waals surface area (Å²) in [4.78, 5) is 12.0. The Bertz CT molecular complexity index is 493. The van der Waals surface area contributed by atoms with E-state index in [1.54, 1.807) is 18.2 Å². The Morgan fingerprint density at radius 3 is 2.80 bits per heavy atom. The third kappa shape index (κ3) is 2.30. The monoisotopic (exact) mass is 300 g/mol. The Kier molecular flexibility index (Phi) is 3.24. The lowest BCUT2D eigenvalue weighted by Gasteiger charge is -2.02. The van der Waals surface area contributed by atoms with Crippen molar-refractivity contribution in [1.29, 1.82) is 0 Å². The lowest BCUT2D eigenvalue weighted by atomic mass is 10.1. The van der Waals surface area contributed by atoms with Gasteiger partial charge >= 0.3 is 0 Å². The number of thiophene rings is 1. The fraction of sp³-hybridized carbons (Fsp3) is 0. The van der Waals surface area contributed by atoms with E-state index in [2.05, 4.69) is 15.9 Å². The lowest BCUT2D eigenvalue weighted by Crippen LogP contribution is -2.00. The quantitative estimate of drug-likeness (QED) is 0.752. The van der Waals surface area contributed by atoms with Crippen LogP contribution in [0.1, 0.15) is 15.9 Å². The van der Waals surface area contributed by atoms with Crippen LogP contribution >= 0.6 is 38.9 Å². The Balaban J connectivity index is 2.46. The molecule has 15 heavy (non-hydrogen) atoms. The highest BCUT2D eigenvalue weighted by molar-refractivity contribution is 9.10. The molecule has 1 nitrogen and oxygen atoms in total. The average Bonchev–Trinajstić information content (AvgIpc) is 2.74. The van der Waals surface area contributed by atoms with Gasteiger partial charge in [-0.2, -0.15) is 11.3 Å². The number of benzene rings is 1. The maximum Gasteiger partial charge on any atom is 0.195 e. The fourth-order valence-electron chi connectivity index (χ4n) is 1.22. The molecule has 76 valence electrons. The van der Waals surface area contributed by atoms with Gasteiger partial charge in [-0.1, -0.05) is 27.5 Å². The van der Waals surface area contributed by atoms with Crippen LogP contribution in [0.2, 0.25) is 5.02 Å². The Morgan fingerprint density at radius 2 is 2.13 bits per heavy atom. The van der Waals surface area contributed by atoms with Crippen LogP contribution in [0.5, 0.6) is 0 Å². The number of carbonyl (C=O) groups excluding carboxylic acids is 1. The molecule has 2 aromatic rings. The molecule has 1 aromatic heterocycles. The van der Waals surface area contributed by atoms with Crippen LogP contribution in [-0.4, -0.2) is 5.78 Å². The first kappa shape index (κ1) is 10.9. The number of carbonyl (C=O) groups is 1. The van der Waals surface area contributed by atoms with E-state index in [-0.39, 0.29) is 5.78 Å². The van der Waals surface area contributed by atoms with Gasteiger partial charge in [-0.25, -0.2) is 0 Å². The van der Waals surface area contributed by atoms with Gasteiger partial charge in [0, 0.05) is 21.0 Å². The predicted molar refractivity (Wildman–Crippen MR) is 66.9 cm³/mol. The van der Waals surface area contributed by atoms with Gasteiger partial charge in [0.15, 0.2) is 5.78 Å². The number of ketones is 1. The van der Waals surface area contributed by atoms with Gasteiger partial charge in [0.05, 0.1) is 5.02 Å². The average molecular weight is 302 g/mol. The molecule has 0 bridgehead atoms. The maximum atomic E-state index is 12.0. The van der Waals surface area contributed by atoms with Gasteiger partial charge in [0.2, 0.25) is 0 Å². The van der Waals surface area contributed by atoms with Crippen LogP contribution in [0, 0.1) is 0 Å². The van der Waals surface area contributed by atoms with Crippen LogP contribution in [0.3, 0.4) is 0 Å². The molecule has 0 aliphatic carbocycles. The zero-order valence-corrected chi connectivity index (χ0v) is 10.7. The third-order valence-electron chi connectivity index (χ3n) is 1.96. The molecule has 0 amide bonds. The SMILES string of the molecule is O=C(c1ccsc1)c1cc(Br)ccc1Cl. The van der Waals surface area contributed by atoms with Gasteiger partial charge in [0.1, 0.15) is 0 Å². The number of hydrogen-bond donors (Lipinski definition) is 0. The van der Waals surface area contributed by atoms with Crippen molar-refractivity contribution in [2.45, 2.75) is 0 Å². The van der Waals surface area contributed by atoms with Crippen molar-refractivity contribution in [2.75, 3.05) is 0 Å². The van der Waals surface area contributed by atoms with Gasteiger partial charge in [0.25, 0.3) is 0 Å².